The average Bonchev–Trinajstić information content (AvgIpc) is 3.20. The topological polar surface area (TPSA) is 54.4 Å². The summed E-state index contributed by atoms with van der Waals surface area (Å²) in [6.45, 7) is 5.34. The number of aryl methyl sites for hydroxylation is 1. The second-order valence-corrected chi connectivity index (χ2v) is 7.54. The van der Waals surface area contributed by atoms with Crippen molar-refractivity contribution in [2.75, 3.05) is 40.0 Å². The molecular weight excluding hydrogens is 366 g/mol. The molecule has 2 aliphatic heterocycles. The summed E-state index contributed by atoms with van der Waals surface area (Å²) in [6, 6.07) is 16.1. The van der Waals surface area contributed by atoms with E-state index in [0.29, 0.717) is 26.2 Å². The van der Waals surface area contributed by atoms with E-state index < -0.39 is 0 Å². The van der Waals surface area contributed by atoms with Gasteiger partial charge in [0.15, 0.2) is 0 Å². The molecule has 2 aromatic carbocycles. The number of amides is 1. The van der Waals surface area contributed by atoms with Crippen LogP contribution in [0.3, 0.4) is 0 Å². The van der Waals surface area contributed by atoms with Crippen molar-refractivity contribution in [2.45, 2.75) is 19.4 Å². The minimum absolute atomic E-state index is 0.0235. The van der Waals surface area contributed by atoms with Crippen molar-refractivity contribution < 1.29 is 14.3 Å². The first-order chi connectivity index (χ1) is 14.1. The molecule has 0 N–H and O–H groups in total. The number of rotatable bonds is 5. The maximum atomic E-state index is 13.2. The van der Waals surface area contributed by atoms with E-state index in [0.717, 1.165) is 35.7 Å². The predicted molar refractivity (Wildman–Crippen MR) is 112 cm³/mol. The lowest BCUT2D eigenvalue weighted by atomic mass is 9.97. The Morgan fingerprint density at radius 1 is 1.17 bits per heavy atom. The van der Waals surface area contributed by atoms with E-state index in [1.54, 1.807) is 12.1 Å². The van der Waals surface area contributed by atoms with Gasteiger partial charge in [-0.25, -0.2) is 5.01 Å². The van der Waals surface area contributed by atoms with Crippen LogP contribution in [-0.2, 0) is 9.53 Å². The van der Waals surface area contributed by atoms with Crippen LogP contribution in [0.15, 0.2) is 53.6 Å². The SMILES string of the molecule is COc1ccc([C@H]2CC(c3cccc(C)c3)=NN2C(=O)CN2CCOCC2)cc1. The molecule has 29 heavy (non-hydrogen) atoms. The van der Waals surface area contributed by atoms with Gasteiger partial charge in [0, 0.05) is 19.5 Å². The minimum Gasteiger partial charge on any atom is -0.497 e. The Kier molecular flexibility index (Phi) is 5.92. The summed E-state index contributed by atoms with van der Waals surface area (Å²) < 4.78 is 10.7. The van der Waals surface area contributed by atoms with Crippen LogP contribution in [0.25, 0.3) is 0 Å². The molecule has 0 aromatic heterocycles. The second-order valence-electron chi connectivity index (χ2n) is 7.54. The van der Waals surface area contributed by atoms with E-state index in [4.69, 9.17) is 14.6 Å². The van der Waals surface area contributed by atoms with Crippen molar-refractivity contribution in [3.05, 3.63) is 65.2 Å². The molecule has 1 saturated heterocycles. The van der Waals surface area contributed by atoms with Crippen LogP contribution >= 0.6 is 0 Å². The fraction of sp³-hybridized carbons (Fsp3) is 0.391. The van der Waals surface area contributed by atoms with Crippen molar-refractivity contribution in [1.29, 1.82) is 0 Å². The zero-order chi connectivity index (χ0) is 20.2. The third-order valence-electron chi connectivity index (χ3n) is 5.48. The number of hydrogen-bond donors (Lipinski definition) is 0. The van der Waals surface area contributed by atoms with Crippen LogP contribution in [0.1, 0.15) is 29.2 Å². The molecule has 1 atom stereocenters. The molecule has 152 valence electrons. The highest BCUT2D eigenvalue weighted by atomic mass is 16.5. The summed E-state index contributed by atoms with van der Waals surface area (Å²) in [6.07, 6.45) is 0.699. The van der Waals surface area contributed by atoms with Crippen LogP contribution < -0.4 is 4.74 Å². The van der Waals surface area contributed by atoms with Gasteiger partial charge < -0.3 is 9.47 Å². The standard InChI is InChI=1S/C23H27N3O3/c1-17-4-3-5-19(14-17)21-15-22(18-6-8-20(28-2)9-7-18)26(24-21)23(27)16-25-10-12-29-13-11-25/h3-9,14,22H,10-13,15-16H2,1-2H3/t22-/m1/s1. The molecule has 1 fully saturated rings. The van der Waals surface area contributed by atoms with Crippen LogP contribution in [0, 0.1) is 6.92 Å². The van der Waals surface area contributed by atoms with E-state index >= 15 is 0 Å². The van der Waals surface area contributed by atoms with Crippen LogP contribution in [0.5, 0.6) is 5.75 Å². The highest BCUT2D eigenvalue weighted by Gasteiger charge is 2.34. The van der Waals surface area contributed by atoms with Gasteiger partial charge in [0.05, 0.1) is 38.6 Å². The van der Waals surface area contributed by atoms with E-state index in [2.05, 4.69) is 30.0 Å². The zero-order valence-corrected chi connectivity index (χ0v) is 17.0. The Balaban J connectivity index is 1.60. The number of nitrogens with zero attached hydrogens (tertiary/aromatic N) is 3. The average molecular weight is 393 g/mol. The van der Waals surface area contributed by atoms with E-state index in [-0.39, 0.29) is 11.9 Å². The lowest BCUT2D eigenvalue weighted by Gasteiger charge is -2.29. The van der Waals surface area contributed by atoms with Gasteiger partial charge in [-0.05, 0) is 30.2 Å². The maximum absolute atomic E-state index is 13.2. The Morgan fingerprint density at radius 2 is 1.93 bits per heavy atom. The number of hydrazone groups is 1. The molecule has 0 saturated carbocycles. The first kappa shape index (κ1) is 19.6. The second kappa shape index (κ2) is 8.76. The fourth-order valence-corrected chi connectivity index (χ4v) is 3.85. The van der Waals surface area contributed by atoms with Gasteiger partial charge in [0.25, 0.3) is 5.91 Å². The van der Waals surface area contributed by atoms with Crippen molar-refractivity contribution >= 4 is 11.6 Å². The third-order valence-corrected chi connectivity index (χ3v) is 5.48. The number of morpholine rings is 1. The van der Waals surface area contributed by atoms with E-state index in [1.165, 1.54) is 5.56 Å². The molecule has 1 amide bonds. The molecule has 0 radical (unpaired) electrons. The van der Waals surface area contributed by atoms with Crippen molar-refractivity contribution in [3.63, 3.8) is 0 Å². The van der Waals surface area contributed by atoms with Crippen molar-refractivity contribution in [3.8, 4) is 5.75 Å². The van der Waals surface area contributed by atoms with Crippen LogP contribution in [0.4, 0.5) is 0 Å². The summed E-state index contributed by atoms with van der Waals surface area (Å²) in [5, 5.41) is 6.45. The number of benzene rings is 2. The van der Waals surface area contributed by atoms with Gasteiger partial charge >= 0.3 is 0 Å². The molecule has 0 spiro atoms. The molecule has 6 heteroatoms. The molecule has 2 aromatic rings. The molecule has 4 rings (SSSR count). The summed E-state index contributed by atoms with van der Waals surface area (Å²) in [4.78, 5) is 15.3. The number of carbonyl (C=O) groups is 1. The quantitative estimate of drug-likeness (QED) is 0.784. The van der Waals surface area contributed by atoms with Gasteiger partial charge in [0.1, 0.15) is 5.75 Å². The number of carbonyl (C=O) groups excluding carboxylic acids is 1. The summed E-state index contributed by atoms with van der Waals surface area (Å²) >= 11 is 0. The summed E-state index contributed by atoms with van der Waals surface area (Å²) in [5.74, 6) is 0.827. The van der Waals surface area contributed by atoms with E-state index in [1.807, 2.05) is 30.3 Å². The maximum Gasteiger partial charge on any atom is 0.257 e. The molecule has 2 heterocycles. The lowest BCUT2D eigenvalue weighted by molar-refractivity contribution is -0.135. The minimum atomic E-state index is -0.107. The first-order valence-corrected chi connectivity index (χ1v) is 10.0. The van der Waals surface area contributed by atoms with Crippen molar-refractivity contribution in [2.24, 2.45) is 5.10 Å². The van der Waals surface area contributed by atoms with E-state index in [9.17, 15) is 4.79 Å². The van der Waals surface area contributed by atoms with Gasteiger partial charge in [-0.15, -0.1) is 0 Å². The smallest absolute Gasteiger partial charge is 0.257 e. The predicted octanol–water partition coefficient (Wildman–Crippen LogP) is 3.01. The van der Waals surface area contributed by atoms with Crippen molar-refractivity contribution in [1.82, 2.24) is 9.91 Å². The fourth-order valence-electron chi connectivity index (χ4n) is 3.85. The Labute approximate surface area is 171 Å². The van der Waals surface area contributed by atoms with Gasteiger partial charge in [0.2, 0.25) is 0 Å². The Morgan fingerprint density at radius 3 is 2.62 bits per heavy atom. The zero-order valence-electron chi connectivity index (χ0n) is 17.0. The summed E-state index contributed by atoms with van der Waals surface area (Å²) in [5.41, 5.74) is 4.27. The first-order valence-electron chi connectivity index (χ1n) is 10.0. The normalized spacial score (nSPS) is 19.9. The van der Waals surface area contributed by atoms with Crippen LogP contribution in [0.2, 0.25) is 0 Å². The Hall–Kier alpha value is -2.70. The Bertz CT molecular complexity index is 888. The number of hydrogen-bond acceptors (Lipinski definition) is 5. The molecule has 0 bridgehead atoms. The molecule has 6 nitrogen and oxygen atoms in total. The highest BCUT2D eigenvalue weighted by molar-refractivity contribution is 6.03. The number of ether oxygens (including phenoxy) is 2. The largest absolute Gasteiger partial charge is 0.497 e. The highest BCUT2D eigenvalue weighted by Crippen LogP contribution is 2.33. The monoisotopic (exact) mass is 393 g/mol. The molecule has 0 unspecified atom stereocenters. The lowest BCUT2D eigenvalue weighted by Crippen LogP contribution is -2.43. The molecule has 2 aliphatic rings. The molecule has 0 aliphatic carbocycles. The van der Waals surface area contributed by atoms with Gasteiger partial charge in [-0.3, -0.25) is 9.69 Å². The molecular formula is C23H27N3O3. The summed E-state index contributed by atoms with van der Waals surface area (Å²) in [7, 11) is 1.65. The van der Waals surface area contributed by atoms with Crippen LogP contribution in [-0.4, -0.2) is 61.5 Å². The van der Waals surface area contributed by atoms with Gasteiger partial charge in [-0.1, -0.05) is 42.0 Å². The van der Waals surface area contributed by atoms with Gasteiger partial charge in [-0.2, -0.15) is 5.10 Å². The number of methoxy groups -OCH3 is 1. The third kappa shape index (κ3) is 4.49.